The molecule has 0 saturated heterocycles. The van der Waals surface area contributed by atoms with Crippen LogP contribution in [0, 0.1) is 6.92 Å². The summed E-state index contributed by atoms with van der Waals surface area (Å²) in [6, 6.07) is 3.63. The summed E-state index contributed by atoms with van der Waals surface area (Å²) in [6.45, 7) is 1.99. The van der Waals surface area contributed by atoms with Crippen molar-refractivity contribution in [2.75, 3.05) is 5.32 Å². The van der Waals surface area contributed by atoms with Gasteiger partial charge < -0.3 is 15.0 Å². The summed E-state index contributed by atoms with van der Waals surface area (Å²) in [6.07, 6.45) is 7.99. The predicted octanol–water partition coefficient (Wildman–Crippen LogP) is 2.44. The number of aromatic nitrogens is 6. The third-order valence-electron chi connectivity index (χ3n) is 6.02. The Kier molecular flexibility index (Phi) is 4.47. The average Bonchev–Trinajstić information content (AvgIpc) is 3.19. The molecule has 0 unspecified atom stereocenters. The summed E-state index contributed by atoms with van der Waals surface area (Å²) in [4.78, 5) is 25.9. The molecule has 1 aliphatic rings. The van der Waals surface area contributed by atoms with Crippen molar-refractivity contribution in [3.05, 3.63) is 52.3 Å². The molecule has 154 valence electrons. The molecule has 1 fully saturated rings. The Morgan fingerprint density at radius 3 is 2.77 bits per heavy atom. The Balaban J connectivity index is 1.58. The average molecular weight is 405 g/mol. The zero-order chi connectivity index (χ0) is 20.8. The number of rotatable bonds is 3. The number of fused-ring (bicyclic) bond motifs is 2. The molecule has 0 radical (unpaired) electrons. The number of hydrogen-bond acceptors (Lipinski definition) is 7. The molecule has 9 nitrogen and oxygen atoms in total. The molecule has 1 saturated carbocycles. The number of aryl methyl sites for hydroxylation is 2. The number of aliphatic hydroxyl groups excluding tert-OH is 1. The van der Waals surface area contributed by atoms with Crippen LogP contribution in [0.4, 0.5) is 11.6 Å². The van der Waals surface area contributed by atoms with Crippen molar-refractivity contribution in [2.24, 2.45) is 7.05 Å². The zero-order valence-corrected chi connectivity index (χ0v) is 16.9. The van der Waals surface area contributed by atoms with Crippen molar-refractivity contribution in [2.45, 2.75) is 44.6 Å². The first-order valence-corrected chi connectivity index (χ1v) is 10.1. The van der Waals surface area contributed by atoms with E-state index in [9.17, 15) is 9.90 Å². The molecule has 0 spiro atoms. The number of anilines is 2. The molecule has 9 heteroatoms. The zero-order valence-electron chi connectivity index (χ0n) is 16.9. The van der Waals surface area contributed by atoms with E-state index in [1.807, 2.05) is 19.2 Å². The smallest absolute Gasteiger partial charge is 0.251 e. The van der Waals surface area contributed by atoms with E-state index in [2.05, 4.69) is 20.4 Å². The highest BCUT2D eigenvalue weighted by Gasteiger charge is 2.24. The monoisotopic (exact) mass is 405 g/mol. The summed E-state index contributed by atoms with van der Waals surface area (Å²) in [5.74, 6) is 0.668. The van der Waals surface area contributed by atoms with Crippen LogP contribution in [0.3, 0.4) is 0 Å². The largest absolute Gasteiger partial charge is 0.393 e. The maximum atomic E-state index is 12.5. The van der Waals surface area contributed by atoms with Crippen molar-refractivity contribution in [3.8, 4) is 0 Å². The van der Waals surface area contributed by atoms with Gasteiger partial charge in [0, 0.05) is 13.1 Å². The molecule has 0 amide bonds. The van der Waals surface area contributed by atoms with Gasteiger partial charge in [-0.25, -0.2) is 19.5 Å². The van der Waals surface area contributed by atoms with Crippen molar-refractivity contribution in [1.29, 1.82) is 0 Å². The first-order valence-electron chi connectivity index (χ1n) is 10.1. The Hall–Kier alpha value is -3.33. The van der Waals surface area contributed by atoms with E-state index in [0.717, 1.165) is 53.7 Å². The van der Waals surface area contributed by atoms with Crippen molar-refractivity contribution in [1.82, 2.24) is 29.1 Å². The highest BCUT2D eigenvalue weighted by molar-refractivity contribution is 5.80. The van der Waals surface area contributed by atoms with Gasteiger partial charge in [0.05, 0.1) is 35.2 Å². The lowest BCUT2D eigenvalue weighted by atomic mass is 9.82. The molecule has 5 rings (SSSR count). The SMILES string of the molecule is Cc1cc2ncnn2cc1Nc1ncc2c(n1)c(C1CCC(O)CC1)cc(=O)n2C. The quantitative estimate of drug-likeness (QED) is 0.539. The fourth-order valence-corrected chi connectivity index (χ4v) is 4.22. The van der Waals surface area contributed by atoms with Crippen LogP contribution in [0.2, 0.25) is 0 Å². The van der Waals surface area contributed by atoms with Crippen LogP contribution in [0.5, 0.6) is 0 Å². The minimum atomic E-state index is -0.249. The summed E-state index contributed by atoms with van der Waals surface area (Å²) in [5.41, 5.74) is 4.96. The second kappa shape index (κ2) is 7.17. The highest BCUT2D eigenvalue weighted by atomic mass is 16.3. The van der Waals surface area contributed by atoms with Crippen LogP contribution in [0.1, 0.15) is 42.7 Å². The fraction of sp³-hybridized carbons (Fsp3) is 0.381. The topological polar surface area (TPSA) is 110 Å². The Morgan fingerprint density at radius 2 is 1.97 bits per heavy atom. The van der Waals surface area contributed by atoms with Gasteiger partial charge in [-0.15, -0.1) is 0 Å². The van der Waals surface area contributed by atoms with Crippen LogP contribution in [-0.4, -0.2) is 40.3 Å². The number of pyridine rings is 2. The molecule has 30 heavy (non-hydrogen) atoms. The summed E-state index contributed by atoms with van der Waals surface area (Å²) < 4.78 is 3.27. The molecule has 4 heterocycles. The fourth-order valence-electron chi connectivity index (χ4n) is 4.22. The molecular weight excluding hydrogens is 382 g/mol. The summed E-state index contributed by atoms with van der Waals surface area (Å²) in [7, 11) is 1.73. The predicted molar refractivity (Wildman–Crippen MR) is 113 cm³/mol. The van der Waals surface area contributed by atoms with E-state index in [-0.39, 0.29) is 17.6 Å². The van der Waals surface area contributed by atoms with Gasteiger partial charge in [0.15, 0.2) is 5.65 Å². The molecule has 4 aromatic heterocycles. The van der Waals surface area contributed by atoms with Crippen LogP contribution < -0.4 is 10.9 Å². The van der Waals surface area contributed by atoms with E-state index in [4.69, 9.17) is 4.98 Å². The lowest BCUT2D eigenvalue weighted by molar-refractivity contribution is 0.122. The Labute approximate surface area is 172 Å². The molecule has 2 N–H and O–H groups in total. The molecule has 0 atom stereocenters. The van der Waals surface area contributed by atoms with E-state index < -0.39 is 0 Å². The lowest BCUT2D eigenvalue weighted by Gasteiger charge is -2.26. The molecular formula is C21H23N7O2. The number of hydrogen-bond donors (Lipinski definition) is 2. The summed E-state index contributed by atoms with van der Waals surface area (Å²) in [5, 5.41) is 17.3. The highest BCUT2D eigenvalue weighted by Crippen LogP contribution is 2.35. The van der Waals surface area contributed by atoms with E-state index in [1.165, 1.54) is 6.33 Å². The molecule has 1 aliphatic carbocycles. The number of nitrogens with zero attached hydrogens (tertiary/aromatic N) is 6. The number of aliphatic hydroxyl groups is 1. The van der Waals surface area contributed by atoms with Gasteiger partial charge in [-0.05, 0) is 55.7 Å². The van der Waals surface area contributed by atoms with Gasteiger partial charge in [0.1, 0.15) is 6.33 Å². The lowest BCUT2D eigenvalue weighted by Crippen LogP contribution is -2.22. The van der Waals surface area contributed by atoms with E-state index in [1.54, 1.807) is 28.4 Å². The van der Waals surface area contributed by atoms with Gasteiger partial charge in [-0.3, -0.25) is 4.79 Å². The van der Waals surface area contributed by atoms with Gasteiger partial charge in [-0.1, -0.05) is 0 Å². The van der Waals surface area contributed by atoms with Crippen LogP contribution in [0.15, 0.2) is 35.6 Å². The van der Waals surface area contributed by atoms with Gasteiger partial charge in [0.25, 0.3) is 5.56 Å². The van der Waals surface area contributed by atoms with Gasteiger partial charge in [-0.2, -0.15) is 5.10 Å². The third-order valence-corrected chi connectivity index (χ3v) is 6.02. The van der Waals surface area contributed by atoms with Crippen molar-refractivity contribution in [3.63, 3.8) is 0 Å². The standard InChI is InChI=1S/C21H23N7O2/c1-12-7-18-23-11-24-28(18)10-16(12)25-21-22-9-17-20(26-21)15(8-19(30)27(17)2)13-3-5-14(29)6-4-13/h7-11,13-14,29H,3-6H2,1-2H3,(H,22,25,26). The first kappa shape index (κ1) is 18.7. The van der Waals surface area contributed by atoms with Crippen LogP contribution >= 0.6 is 0 Å². The van der Waals surface area contributed by atoms with Crippen molar-refractivity contribution < 1.29 is 5.11 Å². The molecule has 0 aliphatic heterocycles. The Bertz CT molecular complexity index is 1300. The van der Waals surface area contributed by atoms with Crippen LogP contribution in [-0.2, 0) is 7.05 Å². The van der Waals surface area contributed by atoms with Crippen LogP contribution in [0.25, 0.3) is 16.7 Å². The number of nitrogens with one attached hydrogen (secondary N) is 1. The van der Waals surface area contributed by atoms with Gasteiger partial charge in [0.2, 0.25) is 5.95 Å². The third kappa shape index (κ3) is 3.21. The van der Waals surface area contributed by atoms with Crippen molar-refractivity contribution >= 4 is 28.3 Å². The van der Waals surface area contributed by atoms with Gasteiger partial charge >= 0.3 is 0 Å². The molecule has 0 aromatic carbocycles. The Morgan fingerprint density at radius 1 is 1.17 bits per heavy atom. The second-order valence-electron chi connectivity index (χ2n) is 7.99. The van der Waals surface area contributed by atoms with E-state index >= 15 is 0 Å². The normalized spacial score (nSPS) is 19.4. The summed E-state index contributed by atoms with van der Waals surface area (Å²) >= 11 is 0. The maximum Gasteiger partial charge on any atom is 0.251 e. The minimum Gasteiger partial charge on any atom is -0.393 e. The maximum absolute atomic E-state index is 12.5. The molecule has 0 bridgehead atoms. The first-order chi connectivity index (χ1) is 14.5. The second-order valence-corrected chi connectivity index (χ2v) is 7.99. The minimum absolute atomic E-state index is 0.0691. The molecule has 4 aromatic rings. The van der Waals surface area contributed by atoms with E-state index in [0.29, 0.717) is 11.5 Å².